The number of amides is 1. The number of carbonyl (C=O) groups is 1. The fourth-order valence-electron chi connectivity index (χ4n) is 3.09. The molecule has 0 saturated carbocycles. The molecule has 0 unspecified atom stereocenters. The molecule has 1 aliphatic heterocycles. The van der Waals surface area contributed by atoms with E-state index in [1.54, 1.807) is 0 Å². The molecule has 2 aromatic rings. The summed E-state index contributed by atoms with van der Waals surface area (Å²) in [6.45, 7) is 7.46. The number of oxazole rings is 1. The normalized spacial score (nSPS) is 16.1. The number of piperidine rings is 1. The highest BCUT2D eigenvalue weighted by Gasteiger charge is 2.21. The van der Waals surface area contributed by atoms with E-state index >= 15 is 0 Å². The summed E-state index contributed by atoms with van der Waals surface area (Å²) < 4.78 is 6.65. The van der Waals surface area contributed by atoms with Crippen LogP contribution in [0.15, 0.2) is 33.2 Å². The van der Waals surface area contributed by atoms with Gasteiger partial charge in [-0.2, -0.15) is 0 Å². The summed E-state index contributed by atoms with van der Waals surface area (Å²) in [5, 5.41) is 3.06. The maximum atomic E-state index is 12.2. The first kappa shape index (κ1) is 18.1. The number of likely N-dealkylation sites (tertiary alicyclic amines) is 1. The van der Waals surface area contributed by atoms with E-state index in [-0.39, 0.29) is 5.91 Å². The maximum Gasteiger partial charge on any atom is 0.251 e. The van der Waals surface area contributed by atoms with E-state index in [0.29, 0.717) is 11.5 Å². The van der Waals surface area contributed by atoms with Gasteiger partial charge in [0.25, 0.3) is 5.91 Å². The summed E-state index contributed by atoms with van der Waals surface area (Å²) in [4.78, 5) is 19.0. The highest BCUT2D eigenvalue weighted by atomic mass is 79.9. The second-order valence-electron chi connectivity index (χ2n) is 6.69. The van der Waals surface area contributed by atoms with Gasteiger partial charge in [-0.15, -0.1) is 0 Å². The van der Waals surface area contributed by atoms with Gasteiger partial charge in [-0.05, 0) is 70.0 Å². The number of rotatable bonds is 5. The van der Waals surface area contributed by atoms with Crippen molar-refractivity contribution in [3.05, 3.63) is 51.6 Å². The van der Waals surface area contributed by atoms with Crippen molar-refractivity contribution in [2.75, 3.05) is 19.6 Å². The lowest BCUT2D eigenvalue weighted by Gasteiger charge is -2.31. The Hall–Kier alpha value is -1.66. The average Bonchev–Trinajstić information content (AvgIpc) is 2.92. The molecule has 2 heterocycles. The lowest BCUT2D eigenvalue weighted by atomic mass is 9.96. The first-order valence-electron chi connectivity index (χ1n) is 8.70. The number of aryl methyl sites for hydroxylation is 2. The summed E-state index contributed by atoms with van der Waals surface area (Å²) in [5.41, 5.74) is 1.68. The number of hydrogen-bond acceptors (Lipinski definition) is 4. The van der Waals surface area contributed by atoms with Crippen LogP contribution in [0.25, 0.3) is 0 Å². The molecule has 1 N–H and O–H groups in total. The topological polar surface area (TPSA) is 58.4 Å². The van der Waals surface area contributed by atoms with E-state index < -0.39 is 0 Å². The van der Waals surface area contributed by atoms with Crippen LogP contribution >= 0.6 is 15.9 Å². The van der Waals surface area contributed by atoms with Crippen molar-refractivity contribution < 1.29 is 9.21 Å². The van der Waals surface area contributed by atoms with Gasteiger partial charge in [0.15, 0.2) is 0 Å². The molecule has 1 fully saturated rings. The molecule has 1 amide bonds. The van der Waals surface area contributed by atoms with Crippen LogP contribution in [0.5, 0.6) is 0 Å². The molecule has 25 heavy (non-hydrogen) atoms. The van der Waals surface area contributed by atoms with Crippen LogP contribution in [0, 0.1) is 19.8 Å². The molecule has 1 saturated heterocycles. The third kappa shape index (κ3) is 4.92. The molecular weight excluding hydrogens is 382 g/mol. The first-order valence-corrected chi connectivity index (χ1v) is 9.49. The van der Waals surface area contributed by atoms with Crippen LogP contribution < -0.4 is 5.32 Å². The third-order valence-electron chi connectivity index (χ3n) is 4.80. The van der Waals surface area contributed by atoms with Crippen LogP contribution in [-0.4, -0.2) is 35.4 Å². The van der Waals surface area contributed by atoms with Crippen molar-refractivity contribution in [1.82, 2.24) is 15.2 Å². The number of nitrogens with one attached hydrogen (secondary N) is 1. The lowest BCUT2D eigenvalue weighted by Crippen LogP contribution is -2.38. The number of hydrogen-bond donors (Lipinski definition) is 1. The van der Waals surface area contributed by atoms with E-state index in [9.17, 15) is 4.79 Å². The minimum absolute atomic E-state index is 0.000616. The minimum atomic E-state index is 0.000616. The smallest absolute Gasteiger partial charge is 0.251 e. The minimum Gasteiger partial charge on any atom is -0.444 e. The fourth-order valence-corrected chi connectivity index (χ4v) is 3.35. The van der Waals surface area contributed by atoms with E-state index in [2.05, 4.69) is 31.1 Å². The standard InChI is InChI=1S/C19H24BrN3O2/c1-13-14(2)25-18(22-13)12-23-9-7-15(8-10-23)11-21-19(24)16-3-5-17(20)6-4-16/h3-6,15H,7-12H2,1-2H3,(H,21,24). The molecule has 134 valence electrons. The van der Waals surface area contributed by atoms with Crippen LogP contribution in [-0.2, 0) is 6.54 Å². The highest BCUT2D eigenvalue weighted by Crippen LogP contribution is 2.19. The van der Waals surface area contributed by atoms with Crippen LogP contribution in [0.1, 0.15) is 40.5 Å². The Kier molecular flexibility index (Phi) is 5.91. The molecule has 0 bridgehead atoms. The van der Waals surface area contributed by atoms with E-state index in [1.165, 1.54) is 0 Å². The molecule has 5 nitrogen and oxygen atoms in total. The van der Waals surface area contributed by atoms with Gasteiger partial charge in [0, 0.05) is 16.6 Å². The second-order valence-corrected chi connectivity index (χ2v) is 7.60. The zero-order valence-corrected chi connectivity index (χ0v) is 16.3. The lowest BCUT2D eigenvalue weighted by molar-refractivity contribution is 0.0934. The average molecular weight is 406 g/mol. The highest BCUT2D eigenvalue weighted by molar-refractivity contribution is 9.10. The van der Waals surface area contributed by atoms with Gasteiger partial charge in [0.05, 0.1) is 12.2 Å². The second kappa shape index (κ2) is 8.15. The van der Waals surface area contributed by atoms with Crippen molar-refractivity contribution in [1.29, 1.82) is 0 Å². The van der Waals surface area contributed by atoms with Crippen LogP contribution in [0.2, 0.25) is 0 Å². The molecule has 3 rings (SSSR count). The molecule has 0 atom stereocenters. The van der Waals surface area contributed by atoms with Crippen molar-refractivity contribution in [2.24, 2.45) is 5.92 Å². The van der Waals surface area contributed by atoms with Crippen molar-refractivity contribution in [3.63, 3.8) is 0 Å². The molecule has 1 aromatic carbocycles. The number of benzene rings is 1. The van der Waals surface area contributed by atoms with Gasteiger partial charge >= 0.3 is 0 Å². The Balaban J connectivity index is 1.41. The summed E-state index contributed by atoms with van der Waals surface area (Å²) >= 11 is 3.38. The molecule has 1 aliphatic rings. The van der Waals surface area contributed by atoms with E-state index in [0.717, 1.165) is 60.8 Å². The number of halogens is 1. The summed E-state index contributed by atoms with van der Waals surface area (Å²) in [6, 6.07) is 7.45. The molecule has 0 aliphatic carbocycles. The van der Waals surface area contributed by atoms with Gasteiger partial charge < -0.3 is 9.73 Å². The Bertz CT molecular complexity index is 699. The van der Waals surface area contributed by atoms with Crippen molar-refractivity contribution in [3.8, 4) is 0 Å². The van der Waals surface area contributed by atoms with Crippen LogP contribution in [0.4, 0.5) is 0 Å². The zero-order chi connectivity index (χ0) is 17.8. The Morgan fingerprint density at radius 1 is 1.28 bits per heavy atom. The first-order chi connectivity index (χ1) is 12.0. The van der Waals surface area contributed by atoms with Gasteiger partial charge in [0.2, 0.25) is 5.89 Å². The monoisotopic (exact) mass is 405 g/mol. The zero-order valence-electron chi connectivity index (χ0n) is 14.7. The van der Waals surface area contributed by atoms with Crippen molar-refractivity contribution >= 4 is 21.8 Å². The largest absolute Gasteiger partial charge is 0.444 e. The third-order valence-corrected chi connectivity index (χ3v) is 5.33. The summed E-state index contributed by atoms with van der Waals surface area (Å²) in [6.07, 6.45) is 2.17. The van der Waals surface area contributed by atoms with Crippen molar-refractivity contribution in [2.45, 2.75) is 33.2 Å². The molecule has 0 spiro atoms. The summed E-state index contributed by atoms with van der Waals surface area (Å²) in [7, 11) is 0. The van der Waals surface area contributed by atoms with Gasteiger partial charge in [-0.25, -0.2) is 4.98 Å². The Morgan fingerprint density at radius 2 is 1.96 bits per heavy atom. The van der Waals surface area contributed by atoms with E-state index in [1.807, 2.05) is 38.1 Å². The molecular formula is C19H24BrN3O2. The predicted molar refractivity (Wildman–Crippen MR) is 100 cm³/mol. The molecule has 1 aromatic heterocycles. The number of carbonyl (C=O) groups excluding carboxylic acids is 1. The maximum absolute atomic E-state index is 12.2. The number of nitrogens with zero attached hydrogens (tertiary/aromatic N) is 2. The Morgan fingerprint density at radius 3 is 2.56 bits per heavy atom. The van der Waals surface area contributed by atoms with Crippen LogP contribution in [0.3, 0.4) is 0 Å². The molecule has 6 heteroatoms. The van der Waals surface area contributed by atoms with Gasteiger partial charge in [-0.3, -0.25) is 9.69 Å². The Labute approximate surface area is 156 Å². The number of aromatic nitrogens is 1. The fraction of sp³-hybridized carbons (Fsp3) is 0.474. The SMILES string of the molecule is Cc1nc(CN2CCC(CNC(=O)c3ccc(Br)cc3)CC2)oc1C. The predicted octanol–water partition coefficient (Wildman–Crippen LogP) is 3.70. The van der Waals surface area contributed by atoms with E-state index in [4.69, 9.17) is 4.42 Å². The quantitative estimate of drug-likeness (QED) is 0.823. The molecule has 0 radical (unpaired) electrons. The summed E-state index contributed by atoms with van der Waals surface area (Å²) in [5.74, 6) is 2.24. The van der Waals surface area contributed by atoms with Gasteiger partial charge in [-0.1, -0.05) is 15.9 Å². The van der Waals surface area contributed by atoms with Gasteiger partial charge in [0.1, 0.15) is 5.76 Å².